The van der Waals surface area contributed by atoms with Gasteiger partial charge in [0.05, 0.1) is 0 Å². The van der Waals surface area contributed by atoms with Crippen LogP contribution in [0.2, 0.25) is 0 Å². The second-order valence-electron chi connectivity index (χ2n) is 6.91. The summed E-state index contributed by atoms with van der Waals surface area (Å²) in [6.45, 7) is 5.48. The molecule has 2 N–H and O–H groups in total. The molecule has 0 amide bonds. The third-order valence-electron chi connectivity index (χ3n) is 4.75. The Kier molecular flexibility index (Phi) is 18.0. The first kappa shape index (κ1) is 21.0. The Labute approximate surface area is 135 Å². The van der Waals surface area contributed by atoms with Gasteiger partial charge in [-0.1, -0.05) is 110 Å². The topological polar surface area (TPSA) is 26.0 Å². The van der Waals surface area contributed by atoms with Crippen molar-refractivity contribution in [1.29, 1.82) is 0 Å². The van der Waals surface area contributed by atoms with Crippen molar-refractivity contribution in [1.82, 2.24) is 0 Å². The molecule has 1 heteroatoms. The van der Waals surface area contributed by atoms with Crippen LogP contribution in [0.4, 0.5) is 0 Å². The molecule has 0 fully saturated rings. The zero-order valence-corrected chi connectivity index (χ0v) is 15.2. The predicted octanol–water partition coefficient (Wildman–Crippen LogP) is 6.84. The molecule has 0 radical (unpaired) electrons. The Balaban J connectivity index is 3.67. The molecule has 0 aromatic heterocycles. The Hall–Kier alpha value is -0.0400. The molecule has 0 saturated carbocycles. The summed E-state index contributed by atoms with van der Waals surface area (Å²) in [7, 11) is 0. The maximum absolute atomic E-state index is 5.60. The number of hydrogen-bond donors (Lipinski definition) is 1. The SMILES string of the molecule is CCCCCCCCC(CCCCCC)CCCCCN. The highest BCUT2D eigenvalue weighted by Gasteiger charge is 2.08. The molecule has 1 atom stereocenters. The van der Waals surface area contributed by atoms with Gasteiger partial charge in [-0.25, -0.2) is 0 Å². The van der Waals surface area contributed by atoms with E-state index in [0.717, 1.165) is 12.5 Å². The van der Waals surface area contributed by atoms with Gasteiger partial charge in [-0.2, -0.15) is 0 Å². The molecule has 0 rings (SSSR count). The lowest BCUT2D eigenvalue weighted by atomic mass is 9.89. The van der Waals surface area contributed by atoms with Gasteiger partial charge in [0.1, 0.15) is 0 Å². The molecule has 1 nitrogen and oxygen atoms in total. The second kappa shape index (κ2) is 18.0. The van der Waals surface area contributed by atoms with E-state index in [1.165, 1.54) is 103 Å². The van der Waals surface area contributed by atoms with Crippen molar-refractivity contribution in [3.05, 3.63) is 0 Å². The van der Waals surface area contributed by atoms with Crippen molar-refractivity contribution >= 4 is 0 Å². The zero-order valence-electron chi connectivity index (χ0n) is 15.2. The summed E-state index contributed by atoms with van der Waals surface area (Å²) in [6.07, 6.45) is 22.8. The summed E-state index contributed by atoms with van der Waals surface area (Å²) >= 11 is 0. The zero-order chi connectivity index (χ0) is 15.6. The van der Waals surface area contributed by atoms with E-state index in [4.69, 9.17) is 5.73 Å². The molecule has 0 aliphatic rings. The quantitative estimate of drug-likeness (QED) is 0.292. The van der Waals surface area contributed by atoms with Gasteiger partial charge in [-0.05, 0) is 18.9 Å². The van der Waals surface area contributed by atoms with Gasteiger partial charge in [-0.3, -0.25) is 0 Å². The van der Waals surface area contributed by atoms with E-state index in [1.807, 2.05) is 0 Å². The molecule has 21 heavy (non-hydrogen) atoms. The van der Waals surface area contributed by atoms with Gasteiger partial charge in [0.2, 0.25) is 0 Å². The highest BCUT2D eigenvalue weighted by Crippen LogP contribution is 2.24. The molecule has 0 heterocycles. The molecule has 0 spiro atoms. The maximum atomic E-state index is 5.60. The normalized spacial score (nSPS) is 12.7. The van der Waals surface area contributed by atoms with E-state index in [-0.39, 0.29) is 0 Å². The van der Waals surface area contributed by atoms with E-state index in [2.05, 4.69) is 13.8 Å². The average Bonchev–Trinajstić information content (AvgIpc) is 2.50. The van der Waals surface area contributed by atoms with Crippen molar-refractivity contribution in [2.75, 3.05) is 6.54 Å². The molecule has 128 valence electrons. The van der Waals surface area contributed by atoms with E-state index >= 15 is 0 Å². The second-order valence-corrected chi connectivity index (χ2v) is 6.91. The fourth-order valence-electron chi connectivity index (χ4n) is 3.26. The van der Waals surface area contributed by atoms with Gasteiger partial charge in [0.15, 0.2) is 0 Å². The fourth-order valence-corrected chi connectivity index (χ4v) is 3.26. The maximum Gasteiger partial charge on any atom is -0.00773 e. The van der Waals surface area contributed by atoms with Crippen molar-refractivity contribution in [3.8, 4) is 0 Å². The summed E-state index contributed by atoms with van der Waals surface area (Å²) in [6, 6.07) is 0. The third-order valence-corrected chi connectivity index (χ3v) is 4.75. The summed E-state index contributed by atoms with van der Waals surface area (Å²) in [5.41, 5.74) is 5.60. The van der Waals surface area contributed by atoms with Crippen molar-refractivity contribution < 1.29 is 0 Å². The lowest BCUT2D eigenvalue weighted by Crippen LogP contribution is -2.03. The van der Waals surface area contributed by atoms with Crippen LogP contribution in [0.3, 0.4) is 0 Å². The first-order chi connectivity index (χ1) is 10.3. The van der Waals surface area contributed by atoms with E-state index in [1.54, 1.807) is 0 Å². The van der Waals surface area contributed by atoms with Crippen LogP contribution in [0, 0.1) is 5.92 Å². The Morgan fingerprint density at radius 2 is 0.905 bits per heavy atom. The average molecular weight is 298 g/mol. The Bertz CT molecular complexity index is 167. The minimum absolute atomic E-state index is 0.874. The number of hydrogen-bond acceptors (Lipinski definition) is 1. The van der Waals surface area contributed by atoms with E-state index in [9.17, 15) is 0 Å². The largest absolute Gasteiger partial charge is 0.330 e. The van der Waals surface area contributed by atoms with Crippen molar-refractivity contribution in [3.63, 3.8) is 0 Å². The molecule has 0 aromatic rings. The number of rotatable bonds is 17. The lowest BCUT2D eigenvalue weighted by molar-refractivity contribution is 0.368. The molecule has 0 saturated heterocycles. The highest BCUT2D eigenvalue weighted by atomic mass is 14.5. The van der Waals surface area contributed by atoms with Crippen LogP contribution < -0.4 is 5.73 Å². The van der Waals surface area contributed by atoms with E-state index < -0.39 is 0 Å². The molecule has 1 unspecified atom stereocenters. The van der Waals surface area contributed by atoms with Crippen molar-refractivity contribution in [2.45, 2.75) is 117 Å². The first-order valence-corrected chi connectivity index (χ1v) is 10.0. The van der Waals surface area contributed by atoms with Gasteiger partial charge < -0.3 is 5.73 Å². The van der Waals surface area contributed by atoms with E-state index in [0.29, 0.717) is 0 Å². The number of unbranched alkanes of at least 4 members (excludes halogenated alkanes) is 10. The minimum Gasteiger partial charge on any atom is -0.330 e. The predicted molar refractivity (Wildman–Crippen MR) is 97.8 cm³/mol. The van der Waals surface area contributed by atoms with Crippen LogP contribution in [0.15, 0.2) is 0 Å². The Morgan fingerprint density at radius 1 is 0.524 bits per heavy atom. The van der Waals surface area contributed by atoms with Crippen LogP contribution in [0.25, 0.3) is 0 Å². The van der Waals surface area contributed by atoms with Gasteiger partial charge >= 0.3 is 0 Å². The van der Waals surface area contributed by atoms with Crippen LogP contribution in [0.5, 0.6) is 0 Å². The lowest BCUT2D eigenvalue weighted by Gasteiger charge is -2.17. The van der Waals surface area contributed by atoms with Crippen LogP contribution >= 0.6 is 0 Å². The Morgan fingerprint density at radius 3 is 1.38 bits per heavy atom. The summed E-state index contributed by atoms with van der Waals surface area (Å²) < 4.78 is 0. The first-order valence-electron chi connectivity index (χ1n) is 10.0. The highest BCUT2D eigenvalue weighted by molar-refractivity contribution is 4.62. The molecular formula is C20H43N. The third kappa shape index (κ3) is 16.2. The van der Waals surface area contributed by atoms with Crippen LogP contribution in [0.1, 0.15) is 117 Å². The smallest absolute Gasteiger partial charge is 0.00773 e. The standard InChI is InChI=1S/C20H43N/c1-3-5-7-9-10-13-17-20(16-12-8-6-4-2)18-14-11-15-19-21/h20H,3-19,21H2,1-2H3. The fraction of sp³-hybridized carbons (Fsp3) is 1.00. The van der Waals surface area contributed by atoms with Gasteiger partial charge in [-0.15, -0.1) is 0 Å². The molecule has 0 aromatic carbocycles. The monoisotopic (exact) mass is 297 g/mol. The van der Waals surface area contributed by atoms with Crippen molar-refractivity contribution in [2.24, 2.45) is 11.7 Å². The molecule has 0 bridgehead atoms. The molecule has 0 aliphatic carbocycles. The summed E-state index contributed by atoms with van der Waals surface area (Å²) in [5, 5.41) is 0. The van der Waals surface area contributed by atoms with Gasteiger partial charge in [0.25, 0.3) is 0 Å². The van der Waals surface area contributed by atoms with Gasteiger partial charge in [0, 0.05) is 0 Å². The number of nitrogens with two attached hydrogens (primary N) is 1. The minimum atomic E-state index is 0.874. The molecular weight excluding hydrogens is 254 g/mol. The van der Waals surface area contributed by atoms with Crippen LogP contribution in [-0.2, 0) is 0 Å². The molecule has 0 aliphatic heterocycles. The summed E-state index contributed by atoms with van der Waals surface area (Å²) in [5.74, 6) is 1.01. The summed E-state index contributed by atoms with van der Waals surface area (Å²) in [4.78, 5) is 0. The van der Waals surface area contributed by atoms with Crippen LogP contribution in [-0.4, -0.2) is 6.54 Å².